The highest BCUT2D eigenvalue weighted by molar-refractivity contribution is 7.18. The van der Waals surface area contributed by atoms with Gasteiger partial charge in [-0.1, -0.05) is 31.2 Å². The number of rotatable bonds is 8. The Hall–Kier alpha value is -3.79. The Labute approximate surface area is 221 Å². The maximum absolute atomic E-state index is 13.5. The highest BCUT2D eigenvalue weighted by Gasteiger charge is 2.33. The normalized spacial score (nSPS) is 13.5. The van der Waals surface area contributed by atoms with Gasteiger partial charge < -0.3 is 10.6 Å². The largest absolute Gasteiger partial charge is 0.416 e. The lowest BCUT2D eigenvalue weighted by atomic mass is 9.96. The highest BCUT2D eigenvalue weighted by Crippen LogP contribution is 2.34. The van der Waals surface area contributed by atoms with Crippen LogP contribution in [0.5, 0.6) is 0 Å². The quantitative estimate of drug-likeness (QED) is 0.240. The first-order valence-electron chi connectivity index (χ1n) is 12.3. The number of carbonyl (C=O) groups is 2. The van der Waals surface area contributed by atoms with Gasteiger partial charge in [-0.3, -0.25) is 9.59 Å². The van der Waals surface area contributed by atoms with Crippen molar-refractivity contribution in [2.24, 2.45) is 0 Å². The zero-order valence-electron chi connectivity index (χ0n) is 20.8. The minimum absolute atomic E-state index is 0.188. The molecule has 1 aliphatic rings. The molecule has 0 atom stereocenters. The maximum Gasteiger partial charge on any atom is 0.416 e. The fourth-order valence-corrected chi connectivity index (χ4v) is 5.20. The molecule has 1 amide bonds. The second-order valence-electron chi connectivity index (χ2n) is 9.39. The van der Waals surface area contributed by atoms with Gasteiger partial charge in [0, 0.05) is 29.1 Å². The summed E-state index contributed by atoms with van der Waals surface area (Å²) >= 11 is 1.39. The zero-order valence-corrected chi connectivity index (χ0v) is 21.6. The minimum atomic E-state index is -4.49. The van der Waals surface area contributed by atoms with Gasteiger partial charge in [-0.2, -0.15) is 13.2 Å². The van der Waals surface area contributed by atoms with Crippen LogP contribution < -0.4 is 10.6 Å². The molecule has 0 bridgehead atoms. The fourth-order valence-electron chi connectivity index (χ4n) is 4.25. The average Bonchev–Trinajstić information content (AvgIpc) is 3.59. The molecule has 0 unspecified atom stereocenters. The van der Waals surface area contributed by atoms with Crippen LogP contribution in [0.15, 0.2) is 48.1 Å². The summed E-state index contributed by atoms with van der Waals surface area (Å²) in [5, 5.41) is 7.95. The Kier molecular flexibility index (Phi) is 6.92. The molecule has 0 spiro atoms. The molecule has 196 valence electrons. The van der Waals surface area contributed by atoms with E-state index in [1.807, 2.05) is 0 Å². The second kappa shape index (κ2) is 10.2. The standard InChI is InChI=1S/C28H25F3N4O2S/c1-3-17-7-5-16(10-21(17)28(29,30)31)11-23(36)18-6-4-15(2)22(12-18)35-27(37)20-13-38-25-24(20)32-14-33-26(25)34-19-8-9-19/h4-7,10,12-14,19H,3,8-9,11H2,1-2H3,(H,35,37)(H,32,33,34). The number of benzene rings is 2. The fraction of sp³-hybridized carbons (Fsp3) is 0.286. The predicted octanol–water partition coefficient (Wildman–Crippen LogP) is 6.83. The van der Waals surface area contributed by atoms with Gasteiger partial charge in [0.05, 0.1) is 21.3 Å². The molecular formula is C28H25F3N4O2S. The number of alkyl halides is 3. The summed E-state index contributed by atoms with van der Waals surface area (Å²) in [6, 6.07) is 9.30. The average molecular weight is 539 g/mol. The number of hydrogen-bond donors (Lipinski definition) is 2. The zero-order chi connectivity index (χ0) is 27.0. The third-order valence-corrected chi connectivity index (χ3v) is 7.53. The molecule has 0 aliphatic heterocycles. The number of carbonyl (C=O) groups excluding carboxylic acids is 2. The Morgan fingerprint density at radius 1 is 1.11 bits per heavy atom. The van der Waals surface area contributed by atoms with E-state index in [0.29, 0.717) is 34.2 Å². The molecule has 0 radical (unpaired) electrons. The summed E-state index contributed by atoms with van der Waals surface area (Å²) < 4.78 is 41.2. The van der Waals surface area contributed by atoms with E-state index in [1.54, 1.807) is 43.5 Å². The number of amides is 1. The number of fused-ring (bicyclic) bond motifs is 1. The molecular weight excluding hydrogens is 513 g/mol. The van der Waals surface area contributed by atoms with Gasteiger partial charge in [-0.05, 0) is 55.0 Å². The third-order valence-electron chi connectivity index (χ3n) is 6.55. The number of aromatic nitrogens is 2. The smallest absolute Gasteiger partial charge is 0.366 e. The number of nitrogens with one attached hydrogen (secondary N) is 2. The lowest BCUT2D eigenvalue weighted by Gasteiger charge is -2.14. The van der Waals surface area contributed by atoms with Crippen LogP contribution in [0.25, 0.3) is 10.2 Å². The lowest BCUT2D eigenvalue weighted by Crippen LogP contribution is -2.14. The van der Waals surface area contributed by atoms with Crippen molar-refractivity contribution in [3.63, 3.8) is 0 Å². The molecule has 4 aromatic rings. The molecule has 2 aromatic heterocycles. The minimum Gasteiger partial charge on any atom is -0.366 e. The van der Waals surface area contributed by atoms with Crippen molar-refractivity contribution in [3.05, 3.63) is 81.5 Å². The van der Waals surface area contributed by atoms with Gasteiger partial charge in [-0.25, -0.2) is 9.97 Å². The van der Waals surface area contributed by atoms with E-state index < -0.39 is 11.7 Å². The van der Waals surface area contributed by atoms with Crippen LogP contribution in [0.3, 0.4) is 0 Å². The number of nitrogens with zero attached hydrogens (tertiary/aromatic N) is 2. The lowest BCUT2D eigenvalue weighted by molar-refractivity contribution is -0.138. The Balaban J connectivity index is 1.35. The second-order valence-corrected chi connectivity index (χ2v) is 10.3. The van der Waals surface area contributed by atoms with Crippen LogP contribution in [-0.4, -0.2) is 27.7 Å². The van der Waals surface area contributed by atoms with Gasteiger partial charge in [0.1, 0.15) is 12.1 Å². The van der Waals surface area contributed by atoms with Crippen LogP contribution in [0, 0.1) is 6.92 Å². The summed E-state index contributed by atoms with van der Waals surface area (Å²) in [6.07, 6.45) is -0.825. The van der Waals surface area contributed by atoms with Gasteiger partial charge in [0.15, 0.2) is 5.78 Å². The van der Waals surface area contributed by atoms with E-state index in [1.165, 1.54) is 23.7 Å². The predicted molar refractivity (Wildman–Crippen MR) is 142 cm³/mol. The Bertz CT molecular complexity index is 1540. The van der Waals surface area contributed by atoms with Crippen LogP contribution in [0.2, 0.25) is 0 Å². The van der Waals surface area contributed by atoms with Gasteiger partial charge in [-0.15, -0.1) is 11.3 Å². The van der Waals surface area contributed by atoms with Crippen molar-refractivity contribution in [2.45, 2.75) is 51.7 Å². The molecule has 0 saturated heterocycles. The summed E-state index contributed by atoms with van der Waals surface area (Å²) in [6.45, 7) is 3.46. The maximum atomic E-state index is 13.5. The number of aryl methyl sites for hydroxylation is 2. The Morgan fingerprint density at radius 2 is 1.89 bits per heavy atom. The molecule has 1 aliphatic carbocycles. The van der Waals surface area contributed by atoms with Gasteiger partial charge in [0.25, 0.3) is 5.91 Å². The molecule has 5 rings (SSSR count). The molecule has 2 heterocycles. The molecule has 1 saturated carbocycles. The van der Waals surface area contributed by atoms with E-state index in [2.05, 4.69) is 20.6 Å². The van der Waals surface area contributed by atoms with Crippen LogP contribution in [0.4, 0.5) is 24.7 Å². The number of ketones is 1. The van der Waals surface area contributed by atoms with E-state index in [-0.39, 0.29) is 35.7 Å². The monoisotopic (exact) mass is 538 g/mol. The summed E-state index contributed by atoms with van der Waals surface area (Å²) in [4.78, 5) is 34.8. The van der Waals surface area contributed by atoms with Gasteiger partial charge in [0.2, 0.25) is 0 Å². The number of anilines is 2. The third kappa shape index (κ3) is 5.40. The van der Waals surface area contributed by atoms with E-state index in [0.717, 1.165) is 29.2 Å². The summed E-state index contributed by atoms with van der Waals surface area (Å²) in [7, 11) is 0. The topological polar surface area (TPSA) is 84.0 Å². The molecule has 2 aromatic carbocycles. The SMILES string of the molecule is CCc1ccc(CC(=O)c2ccc(C)c(NC(=O)c3csc4c(NC5CC5)ncnc34)c2)cc1C(F)(F)F. The summed E-state index contributed by atoms with van der Waals surface area (Å²) in [5.74, 6) is -0.00152. The molecule has 10 heteroatoms. The number of hydrogen-bond acceptors (Lipinski definition) is 6. The molecule has 38 heavy (non-hydrogen) atoms. The van der Waals surface area contributed by atoms with Crippen molar-refractivity contribution in [2.75, 3.05) is 10.6 Å². The van der Waals surface area contributed by atoms with Crippen molar-refractivity contribution in [3.8, 4) is 0 Å². The number of Topliss-reactive ketones (excluding diaryl/α,β-unsaturated/α-hetero) is 1. The number of thiophene rings is 1. The van der Waals surface area contributed by atoms with Crippen molar-refractivity contribution < 1.29 is 22.8 Å². The molecule has 1 fully saturated rings. The first-order valence-corrected chi connectivity index (χ1v) is 13.1. The molecule has 2 N–H and O–H groups in total. The van der Waals surface area contributed by atoms with Gasteiger partial charge >= 0.3 is 6.18 Å². The summed E-state index contributed by atoms with van der Waals surface area (Å²) in [5.41, 5.74) is 2.19. The number of halogens is 3. The van der Waals surface area contributed by atoms with E-state index in [9.17, 15) is 22.8 Å². The van der Waals surface area contributed by atoms with E-state index >= 15 is 0 Å². The van der Waals surface area contributed by atoms with Crippen LogP contribution >= 0.6 is 11.3 Å². The van der Waals surface area contributed by atoms with Crippen LogP contribution in [-0.2, 0) is 19.0 Å². The van der Waals surface area contributed by atoms with Crippen molar-refractivity contribution in [1.29, 1.82) is 0 Å². The van der Waals surface area contributed by atoms with Crippen molar-refractivity contribution in [1.82, 2.24) is 9.97 Å². The van der Waals surface area contributed by atoms with Crippen LogP contribution in [0.1, 0.15) is 62.7 Å². The molecule has 6 nitrogen and oxygen atoms in total. The highest BCUT2D eigenvalue weighted by atomic mass is 32.1. The van der Waals surface area contributed by atoms with Crippen molar-refractivity contribution >= 4 is 44.7 Å². The first kappa shape index (κ1) is 25.8. The van der Waals surface area contributed by atoms with E-state index in [4.69, 9.17) is 0 Å². The first-order chi connectivity index (χ1) is 18.1. The Morgan fingerprint density at radius 3 is 2.61 bits per heavy atom.